The number of hydrogen-bond acceptors (Lipinski definition) is 4. The second-order valence-electron chi connectivity index (χ2n) is 7.87. The Balaban J connectivity index is 1.74. The van der Waals surface area contributed by atoms with Crippen LogP contribution in [-0.2, 0) is 0 Å². The van der Waals surface area contributed by atoms with Gasteiger partial charge < -0.3 is 16.0 Å². The van der Waals surface area contributed by atoms with E-state index in [0.29, 0.717) is 5.92 Å². The zero-order chi connectivity index (χ0) is 19.3. The summed E-state index contributed by atoms with van der Waals surface area (Å²) in [5, 5.41) is 10.9. The van der Waals surface area contributed by atoms with Crippen LogP contribution in [0.3, 0.4) is 0 Å². The highest BCUT2D eigenvalue weighted by Crippen LogP contribution is 2.39. The first-order chi connectivity index (χ1) is 13.1. The summed E-state index contributed by atoms with van der Waals surface area (Å²) in [6.45, 7) is 9.13. The number of allylic oxidation sites excluding steroid dienone is 2. The van der Waals surface area contributed by atoms with Crippen molar-refractivity contribution in [2.75, 3.05) is 25.0 Å². The van der Waals surface area contributed by atoms with Crippen LogP contribution in [0.1, 0.15) is 64.5 Å². The number of unbranched alkanes of at least 4 members (excludes halogenated alkanes) is 1. The quantitative estimate of drug-likeness (QED) is 0.453. The summed E-state index contributed by atoms with van der Waals surface area (Å²) in [6, 6.07) is 2.10. The molecule has 2 fully saturated rings. The summed E-state index contributed by atoms with van der Waals surface area (Å²) < 4.78 is 0. The Labute approximate surface area is 163 Å². The predicted molar refractivity (Wildman–Crippen MR) is 113 cm³/mol. The minimum atomic E-state index is 0.246. The number of aliphatic imine (C=N–C) groups is 1. The van der Waals surface area contributed by atoms with Gasteiger partial charge in [0.2, 0.25) is 0 Å². The number of anilines is 1. The topological polar surface area (TPSA) is 82.3 Å². The van der Waals surface area contributed by atoms with E-state index < -0.39 is 0 Å². The van der Waals surface area contributed by atoms with Gasteiger partial charge in [0, 0.05) is 42.7 Å². The molecular formula is C21H34N6. The van der Waals surface area contributed by atoms with E-state index in [2.05, 4.69) is 46.4 Å². The molecule has 0 atom stereocenters. The maximum Gasteiger partial charge on any atom is 0.153 e. The number of likely N-dealkylation sites (tertiary alicyclic amines) is 1. The fourth-order valence-corrected chi connectivity index (χ4v) is 3.46. The van der Waals surface area contributed by atoms with Crippen molar-refractivity contribution in [1.29, 1.82) is 0 Å². The number of aromatic nitrogens is 2. The van der Waals surface area contributed by atoms with E-state index in [1.54, 1.807) is 0 Å². The Hall–Kier alpha value is -2.08. The number of rotatable bonds is 9. The van der Waals surface area contributed by atoms with Crippen LogP contribution in [0.25, 0.3) is 0 Å². The molecule has 1 saturated carbocycles. The molecule has 4 N–H and O–H groups in total. The second kappa shape index (κ2) is 8.74. The number of nitrogens with two attached hydrogens (primary N) is 1. The van der Waals surface area contributed by atoms with Crippen molar-refractivity contribution in [2.24, 2.45) is 16.1 Å². The molecule has 6 nitrogen and oxygen atoms in total. The molecule has 27 heavy (non-hydrogen) atoms. The van der Waals surface area contributed by atoms with Crippen LogP contribution in [0, 0.1) is 5.41 Å². The molecule has 1 aliphatic heterocycles. The molecule has 0 radical (unpaired) electrons. The van der Waals surface area contributed by atoms with E-state index in [1.807, 2.05) is 19.1 Å². The molecule has 1 aromatic rings. The lowest BCUT2D eigenvalue weighted by molar-refractivity contribution is 0.0323. The SMILES string of the molecule is C\C=C/C(=N\C(=C\CCC)N1CC(CC)(CN)C1)Nc1cc(C2CC2)[nH]n1. The Bertz CT molecular complexity index is 698. The van der Waals surface area contributed by atoms with Crippen molar-refractivity contribution >= 4 is 11.7 Å². The third-order valence-electron chi connectivity index (χ3n) is 5.61. The third-order valence-corrected chi connectivity index (χ3v) is 5.61. The van der Waals surface area contributed by atoms with Crippen LogP contribution in [0.15, 0.2) is 35.1 Å². The summed E-state index contributed by atoms with van der Waals surface area (Å²) in [5.74, 6) is 3.34. The van der Waals surface area contributed by atoms with Gasteiger partial charge in [-0.2, -0.15) is 5.10 Å². The largest absolute Gasteiger partial charge is 0.355 e. The Morgan fingerprint density at radius 2 is 2.22 bits per heavy atom. The van der Waals surface area contributed by atoms with E-state index in [4.69, 9.17) is 10.7 Å². The van der Waals surface area contributed by atoms with Crippen LogP contribution in [-0.4, -0.2) is 40.6 Å². The molecule has 2 aliphatic rings. The van der Waals surface area contributed by atoms with Gasteiger partial charge in [-0.1, -0.05) is 26.3 Å². The van der Waals surface area contributed by atoms with Gasteiger partial charge in [-0.3, -0.25) is 5.10 Å². The van der Waals surface area contributed by atoms with Crippen LogP contribution in [0.4, 0.5) is 5.82 Å². The fraction of sp³-hybridized carbons (Fsp3) is 0.619. The molecule has 148 valence electrons. The van der Waals surface area contributed by atoms with Crippen molar-refractivity contribution < 1.29 is 0 Å². The maximum atomic E-state index is 6.01. The summed E-state index contributed by atoms with van der Waals surface area (Å²) in [4.78, 5) is 7.28. The molecule has 1 aliphatic carbocycles. The van der Waals surface area contributed by atoms with Gasteiger partial charge in [-0.25, -0.2) is 4.99 Å². The van der Waals surface area contributed by atoms with E-state index in [9.17, 15) is 0 Å². The van der Waals surface area contributed by atoms with Gasteiger partial charge in [0.05, 0.1) is 0 Å². The zero-order valence-electron chi connectivity index (χ0n) is 17.0. The zero-order valence-corrected chi connectivity index (χ0v) is 17.0. The lowest BCUT2D eigenvalue weighted by Crippen LogP contribution is -2.58. The maximum absolute atomic E-state index is 6.01. The lowest BCUT2D eigenvalue weighted by Gasteiger charge is -2.50. The van der Waals surface area contributed by atoms with E-state index >= 15 is 0 Å². The van der Waals surface area contributed by atoms with Gasteiger partial charge in [0.1, 0.15) is 11.7 Å². The number of hydrogen-bond donors (Lipinski definition) is 3. The predicted octanol–water partition coefficient (Wildman–Crippen LogP) is 3.99. The van der Waals surface area contributed by atoms with Gasteiger partial charge in [0.25, 0.3) is 0 Å². The number of nitrogens with zero attached hydrogens (tertiary/aromatic N) is 3. The number of nitrogens with one attached hydrogen (secondary N) is 2. The minimum Gasteiger partial charge on any atom is -0.355 e. The van der Waals surface area contributed by atoms with Crippen LogP contribution in [0.5, 0.6) is 0 Å². The average molecular weight is 371 g/mol. The highest BCUT2D eigenvalue weighted by atomic mass is 15.3. The molecular weight excluding hydrogens is 336 g/mol. The monoisotopic (exact) mass is 370 g/mol. The Morgan fingerprint density at radius 1 is 1.44 bits per heavy atom. The summed E-state index contributed by atoms with van der Waals surface area (Å²) >= 11 is 0. The highest BCUT2D eigenvalue weighted by molar-refractivity contribution is 6.03. The first-order valence-electron chi connectivity index (χ1n) is 10.3. The summed E-state index contributed by atoms with van der Waals surface area (Å²) in [5.41, 5.74) is 7.47. The minimum absolute atomic E-state index is 0.246. The number of amidine groups is 1. The third kappa shape index (κ3) is 4.80. The molecule has 1 saturated heterocycles. The van der Waals surface area contributed by atoms with E-state index in [-0.39, 0.29) is 5.41 Å². The molecule has 0 aromatic carbocycles. The Kier molecular flexibility index (Phi) is 6.37. The molecule has 6 heteroatoms. The fourth-order valence-electron chi connectivity index (χ4n) is 3.46. The van der Waals surface area contributed by atoms with Gasteiger partial charge in [-0.05, 0) is 44.8 Å². The standard InChI is InChI=1S/C21H34N6/c1-4-7-9-20(27-14-21(6-3,13-22)15-27)24-18(8-5-2)23-19-12-17(25-26-19)16-10-11-16/h5,8-9,12,16H,4,6-7,10-11,13-15,22H2,1-3H3,(H2,23,24,25,26)/b8-5-,20-9-. The van der Waals surface area contributed by atoms with Gasteiger partial charge in [0.15, 0.2) is 5.82 Å². The molecule has 0 spiro atoms. The first kappa shape index (κ1) is 19.7. The molecule has 2 heterocycles. The molecule has 1 aromatic heterocycles. The van der Waals surface area contributed by atoms with Crippen molar-refractivity contribution in [1.82, 2.24) is 15.1 Å². The van der Waals surface area contributed by atoms with Gasteiger partial charge >= 0.3 is 0 Å². The number of H-pyrrole nitrogens is 1. The summed E-state index contributed by atoms with van der Waals surface area (Å²) in [7, 11) is 0. The van der Waals surface area contributed by atoms with Crippen molar-refractivity contribution in [3.63, 3.8) is 0 Å². The molecule has 0 bridgehead atoms. The van der Waals surface area contributed by atoms with Crippen LogP contribution >= 0.6 is 0 Å². The van der Waals surface area contributed by atoms with Crippen LogP contribution in [0.2, 0.25) is 0 Å². The first-order valence-corrected chi connectivity index (χ1v) is 10.3. The highest BCUT2D eigenvalue weighted by Gasteiger charge is 2.41. The Morgan fingerprint density at radius 3 is 2.81 bits per heavy atom. The summed E-state index contributed by atoms with van der Waals surface area (Å²) in [6.07, 6.45) is 12.0. The van der Waals surface area contributed by atoms with Crippen LogP contribution < -0.4 is 11.1 Å². The molecule has 3 rings (SSSR count). The smallest absolute Gasteiger partial charge is 0.153 e. The second-order valence-corrected chi connectivity index (χ2v) is 7.87. The normalized spacial score (nSPS) is 20.2. The van der Waals surface area contributed by atoms with E-state index in [0.717, 1.165) is 56.4 Å². The van der Waals surface area contributed by atoms with Gasteiger partial charge in [-0.15, -0.1) is 0 Å². The average Bonchev–Trinajstić information content (AvgIpc) is 3.39. The molecule has 0 unspecified atom stereocenters. The van der Waals surface area contributed by atoms with Crippen molar-refractivity contribution in [3.05, 3.63) is 35.8 Å². The van der Waals surface area contributed by atoms with Crippen molar-refractivity contribution in [2.45, 2.75) is 58.8 Å². The lowest BCUT2D eigenvalue weighted by atomic mass is 9.77. The van der Waals surface area contributed by atoms with Crippen molar-refractivity contribution in [3.8, 4) is 0 Å². The number of aromatic amines is 1. The van der Waals surface area contributed by atoms with E-state index in [1.165, 1.54) is 18.5 Å². The molecule has 0 amide bonds.